The molecule has 22 heavy (non-hydrogen) atoms. The van der Waals surface area contributed by atoms with Crippen LogP contribution in [0.3, 0.4) is 0 Å². The summed E-state index contributed by atoms with van der Waals surface area (Å²) in [4.78, 5) is 0. The van der Waals surface area contributed by atoms with E-state index in [1.54, 1.807) is 11.9 Å². The molecule has 3 rings (SSSR count). The lowest BCUT2D eigenvalue weighted by Crippen LogP contribution is -2.66. The standard InChI is InChI=1S/C15H22N4O3/c1-9-13(20)15(22)14(21)12(16-9)8-19-7-11(17-18-19)10-5-3-2-4-6-10/h2-6,9,11-16,20-22H,7-8H2,1H3/t9-,11?,12+,13+,14+,15+/m0/s1. The summed E-state index contributed by atoms with van der Waals surface area (Å²) in [6.45, 7) is 2.86. The van der Waals surface area contributed by atoms with E-state index in [2.05, 4.69) is 15.7 Å². The van der Waals surface area contributed by atoms with Gasteiger partial charge in [0.2, 0.25) is 0 Å². The number of rotatable bonds is 3. The third kappa shape index (κ3) is 2.98. The zero-order chi connectivity index (χ0) is 15.7. The molecule has 4 N–H and O–H groups in total. The topological polar surface area (TPSA) is 101 Å². The van der Waals surface area contributed by atoms with Gasteiger partial charge >= 0.3 is 0 Å². The van der Waals surface area contributed by atoms with Crippen LogP contribution in [0.15, 0.2) is 40.7 Å². The SMILES string of the molecule is C[C@@H]1N[C@H](CN2CC(c3ccccc3)N=N2)[C@@H](O)[C@H](O)[C@@H]1O. The lowest BCUT2D eigenvalue weighted by atomic mass is 9.91. The summed E-state index contributed by atoms with van der Waals surface area (Å²) in [5, 5.41) is 43.1. The molecule has 1 aromatic rings. The molecule has 7 nitrogen and oxygen atoms in total. The predicted octanol–water partition coefficient (Wildman–Crippen LogP) is -0.147. The molecule has 2 aliphatic heterocycles. The van der Waals surface area contributed by atoms with E-state index in [-0.39, 0.29) is 18.1 Å². The fraction of sp³-hybridized carbons (Fsp3) is 0.600. The first kappa shape index (κ1) is 15.4. The number of piperidine rings is 1. The van der Waals surface area contributed by atoms with Crippen molar-refractivity contribution < 1.29 is 15.3 Å². The molecule has 0 bridgehead atoms. The van der Waals surface area contributed by atoms with Crippen LogP contribution in [0.2, 0.25) is 0 Å². The average molecular weight is 306 g/mol. The summed E-state index contributed by atoms with van der Waals surface area (Å²) in [6.07, 6.45) is -3.15. The molecule has 0 spiro atoms. The quantitative estimate of drug-likeness (QED) is 0.622. The van der Waals surface area contributed by atoms with Crippen molar-refractivity contribution >= 4 is 0 Å². The molecule has 0 saturated carbocycles. The minimum absolute atomic E-state index is 0.00475. The minimum atomic E-state index is -1.15. The molecule has 7 heteroatoms. The molecular formula is C15H22N4O3. The van der Waals surface area contributed by atoms with Crippen LogP contribution in [-0.4, -0.2) is 63.8 Å². The first-order valence-corrected chi connectivity index (χ1v) is 7.57. The number of hydrogen-bond acceptors (Lipinski definition) is 7. The maximum Gasteiger partial charge on any atom is 0.117 e. The van der Waals surface area contributed by atoms with E-state index in [0.29, 0.717) is 13.1 Å². The molecule has 0 radical (unpaired) electrons. The van der Waals surface area contributed by atoms with Crippen molar-refractivity contribution in [3.63, 3.8) is 0 Å². The van der Waals surface area contributed by atoms with E-state index in [0.717, 1.165) is 5.56 Å². The van der Waals surface area contributed by atoms with Crippen LogP contribution >= 0.6 is 0 Å². The first-order valence-electron chi connectivity index (χ1n) is 7.57. The van der Waals surface area contributed by atoms with Gasteiger partial charge in [-0.2, -0.15) is 5.11 Å². The Bertz CT molecular complexity index is 527. The Morgan fingerprint density at radius 2 is 1.86 bits per heavy atom. The van der Waals surface area contributed by atoms with Gasteiger partial charge in [0.15, 0.2) is 0 Å². The Morgan fingerprint density at radius 3 is 2.59 bits per heavy atom. The van der Waals surface area contributed by atoms with Crippen LogP contribution in [0.1, 0.15) is 18.5 Å². The molecular weight excluding hydrogens is 284 g/mol. The molecule has 0 aromatic heterocycles. The van der Waals surface area contributed by atoms with E-state index in [4.69, 9.17) is 0 Å². The van der Waals surface area contributed by atoms with Gasteiger partial charge in [0.05, 0.1) is 31.3 Å². The second kappa shape index (κ2) is 6.29. The fourth-order valence-electron chi connectivity index (χ4n) is 3.02. The predicted molar refractivity (Wildman–Crippen MR) is 80.0 cm³/mol. The Hall–Kier alpha value is -1.54. The van der Waals surface area contributed by atoms with Crippen LogP contribution in [0.25, 0.3) is 0 Å². The molecule has 1 unspecified atom stereocenters. The largest absolute Gasteiger partial charge is 0.389 e. The summed E-state index contributed by atoms with van der Waals surface area (Å²) >= 11 is 0. The first-order chi connectivity index (χ1) is 10.6. The van der Waals surface area contributed by atoms with Crippen LogP contribution in [0.5, 0.6) is 0 Å². The number of hydrogen-bond donors (Lipinski definition) is 4. The Labute approximate surface area is 129 Å². The Kier molecular flexibility index (Phi) is 4.39. The van der Waals surface area contributed by atoms with Crippen molar-refractivity contribution in [2.45, 2.75) is 43.4 Å². The third-order valence-corrected chi connectivity index (χ3v) is 4.39. The smallest absolute Gasteiger partial charge is 0.117 e. The van der Waals surface area contributed by atoms with Crippen molar-refractivity contribution in [2.75, 3.05) is 13.1 Å². The molecule has 0 aliphatic carbocycles. The number of aliphatic hydroxyl groups excluding tert-OH is 3. The van der Waals surface area contributed by atoms with Crippen LogP contribution < -0.4 is 5.32 Å². The van der Waals surface area contributed by atoms with Gasteiger partial charge in [0, 0.05) is 6.04 Å². The molecule has 6 atom stereocenters. The van der Waals surface area contributed by atoms with Gasteiger partial charge in [0.25, 0.3) is 0 Å². The highest BCUT2D eigenvalue weighted by Gasteiger charge is 2.41. The monoisotopic (exact) mass is 306 g/mol. The highest BCUT2D eigenvalue weighted by molar-refractivity contribution is 5.19. The summed E-state index contributed by atoms with van der Waals surface area (Å²) < 4.78 is 0. The number of benzene rings is 1. The van der Waals surface area contributed by atoms with Crippen LogP contribution in [0, 0.1) is 0 Å². The van der Waals surface area contributed by atoms with E-state index < -0.39 is 18.3 Å². The number of nitrogens with one attached hydrogen (secondary N) is 1. The molecule has 1 saturated heterocycles. The van der Waals surface area contributed by atoms with Gasteiger partial charge in [-0.15, -0.1) is 0 Å². The summed E-state index contributed by atoms with van der Waals surface area (Å²) in [5.41, 5.74) is 1.11. The van der Waals surface area contributed by atoms with Crippen LogP contribution in [-0.2, 0) is 0 Å². The number of aliphatic hydroxyl groups is 3. The lowest BCUT2D eigenvalue weighted by molar-refractivity contribution is -0.113. The van der Waals surface area contributed by atoms with E-state index >= 15 is 0 Å². The molecule has 2 aliphatic rings. The lowest BCUT2D eigenvalue weighted by Gasteiger charge is -2.41. The van der Waals surface area contributed by atoms with E-state index in [1.165, 1.54) is 0 Å². The van der Waals surface area contributed by atoms with Gasteiger partial charge in [-0.25, -0.2) is 0 Å². The molecule has 0 amide bonds. The van der Waals surface area contributed by atoms with Crippen molar-refractivity contribution in [3.8, 4) is 0 Å². The maximum absolute atomic E-state index is 10.1. The van der Waals surface area contributed by atoms with Gasteiger partial charge in [-0.1, -0.05) is 35.6 Å². The molecule has 2 heterocycles. The van der Waals surface area contributed by atoms with E-state index in [1.807, 2.05) is 30.3 Å². The fourth-order valence-corrected chi connectivity index (χ4v) is 3.02. The number of nitrogens with zero attached hydrogens (tertiary/aromatic N) is 3. The highest BCUT2D eigenvalue weighted by atomic mass is 16.4. The van der Waals surface area contributed by atoms with Gasteiger partial charge in [0.1, 0.15) is 12.1 Å². The van der Waals surface area contributed by atoms with Gasteiger partial charge in [-0.05, 0) is 12.5 Å². The van der Waals surface area contributed by atoms with Crippen LogP contribution in [0.4, 0.5) is 0 Å². The summed E-state index contributed by atoms with van der Waals surface area (Å²) in [6, 6.07) is 9.29. The minimum Gasteiger partial charge on any atom is -0.389 e. The average Bonchev–Trinajstić information content (AvgIpc) is 3.00. The van der Waals surface area contributed by atoms with Crippen molar-refractivity contribution in [3.05, 3.63) is 35.9 Å². The highest BCUT2D eigenvalue weighted by Crippen LogP contribution is 2.25. The second-order valence-electron chi connectivity index (χ2n) is 6.04. The zero-order valence-corrected chi connectivity index (χ0v) is 12.4. The Morgan fingerprint density at radius 1 is 1.14 bits per heavy atom. The van der Waals surface area contributed by atoms with Gasteiger partial charge in [-0.3, -0.25) is 5.01 Å². The van der Waals surface area contributed by atoms with Crippen molar-refractivity contribution in [2.24, 2.45) is 10.3 Å². The third-order valence-electron chi connectivity index (χ3n) is 4.39. The molecule has 120 valence electrons. The zero-order valence-electron chi connectivity index (χ0n) is 12.4. The summed E-state index contributed by atoms with van der Waals surface area (Å²) in [5.74, 6) is 0. The normalized spacial score (nSPS) is 38.5. The molecule has 1 fully saturated rings. The second-order valence-corrected chi connectivity index (χ2v) is 6.04. The summed E-state index contributed by atoms with van der Waals surface area (Å²) in [7, 11) is 0. The molecule has 1 aromatic carbocycles. The van der Waals surface area contributed by atoms with Crippen molar-refractivity contribution in [1.29, 1.82) is 0 Å². The van der Waals surface area contributed by atoms with Gasteiger partial charge < -0.3 is 20.6 Å². The van der Waals surface area contributed by atoms with E-state index in [9.17, 15) is 15.3 Å². The maximum atomic E-state index is 10.1. The van der Waals surface area contributed by atoms with Crippen molar-refractivity contribution in [1.82, 2.24) is 10.3 Å². The Balaban J connectivity index is 1.60.